The molecule has 3 saturated carbocycles. The number of nitrogens with zero attached hydrogens (tertiary/aromatic N) is 2. The Balaban J connectivity index is 1.68. The lowest BCUT2D eigenvalue weighted by molar-refractivity contribution is -0.105. The van der Waals surface area contributed by atoms with E-state index in [4.69, 9.17) is 4.74 Å². The highest BCUT2D eigenvalue weighted by Crippen LogP contribution is 2.61. The van der Waals surface area contributed by atoms with Crippen LogP contribution in [0.5, 0.6) is 0 Å². The summed E-state index contributed by atoms with van der Waals surface area (Å²) in [5.74, 6) is 2.16. The Morgan fingerprint density at radius 2 is 2.16 bits per heavy atom. The molecule has 1 aromatic rings. The highest BCUT2D eigenvalue weighted by molar-refractivity contribution is 9.10. The van der Waals surface area contributed by atoms with Gasteiger partial charge in [-0.25, -0.2) is 4.68 Å². The Hall–Kier alpha value is -0.880. The zero-order valence-corrected chi connectivity index (χ0v) is 17.5. The van der Waals surface area contributed by atoms with E-state index < -0.39 is 0 Å². The van der Waals surface area contributed by atoms with Crippen molar-refractivity contribution in [1.29, 1.82) is 0 Å². The molecule has 1 aromatic heterocycles. The molecule has 0 aromatic carbocycles. The van der Waals surface area contributed by atoms with Gasteiger partial charge in [0.1, 0.15) is 4.47 Å². The van der Waals surface area contributed by atoms with Gasteiger partial charge < -0.3 is 10.1 Å². The van der Waals surface area contributed by atoms with Gasteiger partial charge in [0.2, 0.25) is 0 Å². The van der Waals surface area contributed by atoms with Crippen molar-refractivity contribution in [3.8, 4) is 0 Å². The molecule has 4 atom stereocenters. The fourth-order valence-corrected chi connectivity index (χ4v) is 5.06. The summed E-state index contributed by atoms with van der Waals surface area (Å²) in [5.41, 5.74) is 1.17. The first-order valence-electron chi connectivity index (χ1n) is 9.35. The third-order valence-corrected chi connectivity index (χ3v) is 7.20. The third kappa shape index (κ3) is 3.52. The van der Waals surface area contributed by atoms with E-state index >= 15 is 0 Å². The number of halogens is 1. The van der Waals surface area contributed by atoms with Crippen LogP contribution < -0.4 is 10.9 Å². The molecule has 5 nitrogen and oxygen atoms in total. The van der Waals surface area contributed by atoms with E-state index in [0.29, 0.717) is 35.0 Å². The van der Waals surface area contributed by atoms with Gasteiger partial charge in [0.05, 0.1) is 31.1 Å². The minimum atomic E-state index is -0.105. The van der Waals surface area contributed by atoms with E-state index in [0.717, 1.165) is 17.5 Å². The van der Waals surface area contributed by atoms with Crippen LogP contribution in [-0.4, -0.2) is 28.5 Å². The topological polar surface area (TPSA) is 56.1 Å². The van der Waals surface area contributed by atoms with Crippen molar-refractivity contribution in [1.82, 2.24) is 9.78 Å². The maximum Gasteiger partial charge on any atom is 0.283 e. The Kier molecular flexibility index (Phi) is 5.31. The summed E-state index contributed by atoms with van der Waals surface area (Å²) in [6.07, 6.45) is 4.44. The molecule has 3 aliphatic carbocycles. The van der Waals surface area contributed by atoms with Crippen LogP contribution in [-0.2, 0) is 11.3 Å². The van der Waals surface area contributed by atoms with Gasteiger partial charge >= 0.3 is 0 Å². The number of anilines is 1. The molecule has 1 N–H and O–H groups in total. The molecule has 0 radical (unpaired) electrons. The van der Waals surface area contributed by atoms with Crippen molar-refractivity contribution in [2.45, 2.75) is 66.2 Å². The number of fused-ring (bicyclic) bond motifs is 2. The molecule has 0 amide bonds. The quantitative estimate of drug-likeness (QED) is 0.770. The molecule has 25 heavy (non-hydrogen) atoms. The van der Waals surface area contributed by atoms with Crippen molar-refractivity contribution in [3.63, 3.8) is 0 Å². The molecule has 2 bridgehead atoms. The van der Waals surface area contributed by atoms with Crippen LogP contribution in [0.2, 0.25) is 0 Å². The molecule has 4 rings (SSSR count). The Morgan fingerprint density at radius 3 is 2.76 bits per heavy atom. The molecule has 3 aliphatic rings. The van der Waals surface area contributed by atoms with Crippen LogP contribution in [0.1, 0.15) is 47.5 Å². The highest BCUT2D eigenvalue weighted by atomic mass is 79.9. The smallest absolute Gasteiger partial charge is 0.283 e. The van der Waals surface area contributed by atoms with E-state index in [9.17, 15) is 4.79 Å². The Labute approximate surface area is 158 Å². The molecular weight excluding hydrogens is 382 g/mol. The minimum Gasteiger partial charge on any atom is -0.380 e. The van der Waals surface area contributed by atoms with E-state index in [2.05, 4.69) is 47.1 Å². The standard InChI is InChI=1S/C19H30BrN3O2/c1-11(2)25-7-6-23-18(24)17(20)16(10-21-23)22-15-9-13-8-14(12(15)3)19(13,4)5/h10-15,22H,6-9H2,1-5H3/t12-,13-,14+,15-/m1/s1. The van der Waals surface area contributed by atoms with Gasteiger partial charge in [-0.05, 0) is 65.8 Å². The first-order chi connectivity index (χ1) is 11.7. The van der Waals surface area contributed by atoms with Crippen LogP contribution in [0.25, 0.3) is 0 Å². The zero-order chi connectivity index (χ0) is 18.4. The van der Waals surface area contributed by atoms with Crippen LogP contribution in [0, 0.1) is 23.2 Å². The first-order valence-corrected chi connectivity index (χ1v) is 10.1. The largest absolute Gasteiger partial charge is 0.380 e. The maximum atomic E-state index is 12.5. The molecule has 6 heteroatoms. The van der Waals surface area contributed by atoms with Gasteiger partial charge in [0.25, 0.3) is 5.56 Å². The van der Waals surface area contributed by atoms with E-state index in [1.807, 2.05) is 13.8 Å². The maximum absolute atomic E-state index is 12.5. The molecule has 0 unspecified atom stereocenters. The summed E-state index contributed by atoms with van der Waals surface area (Å²) in [7, 11) is 0. The second-order valence-corrected chi connectivity index (χ2v) is 9.32. The van der Waals surface area contributed by atoms with Crippen LogP contribution in [0.4, 0.5) is 5.69 Å². The number of nitrogens with one attached hydrogen (secondary N) is 1. The Bertz CT molecular complexity index is 686. The second kappa shape index (κ2) is 7.03. The van der Waals surface area contributed by atoms with Gasteiger partial charge in [-0.15, -0.1) is 0 Å². The summed E-state index contributed by atoms with van der Waals surface area (Å²) in [6.45, 7) is 12.1. The van der Waals surface area contributed by atoms with Crippen LogP contribution in [0.3, 0.4) is 0 Å². The predicted molar refractivity (Wildman–Crippen MR) is 104 cm³/mol. The molecular formula is C19H30BrN3O2. The lowest BCUT2D eigenvalue weighted by Gasteiger charge is -2.62. The summed E-state index contributed by atoms with van der Waals surface area (Å²) in [6, 6.07) is 0.411. The van der Waals surface area contributed by atoms with Gasteiger partial charge in [-0.1, -0.05) is 20.8 Å². The number of ether oxygens (including phenoxy) is 1. The minimum absolute atomic E-state index is 0.105. The number of rotatable bonds is 6. The van der Waals surface area contributed by atoms with Crippen molar-refractivity contribution in [3.05, 3.63) is 21.0 Å². The first kappa shape index (κ1) is 18.9. The average Bonchev–Trinajstić information content (AvgIpc) is 2.54. The summed E-state index contributed by atoms with van der Waals surface area (Å²) >= 11 is 3.47. The monoisotopic (exact) mass is 411 g/mol. The number of aromatic nitrogens is 2. The van der Waals surface area contributed by atoms with Crippen molar-refractivity contribution in [2.24, 2.45) is 23.2 Å². The van der Waals surface area contributed by atoms with Crippen molar-refractivity contribution < 1.29 is 4.74 Å². The van der Waals surface area contributed by atoms with E-state index in [-0.39, 0.29) is 11.7 Å². The van der Waals surface area contributed by atoms with E-state index in [1.165, 1.54) is 17.5 Å². The predicted octanol–water partition coefficient (Wildman–Crippen LogP) is 3.91. The molecule has 0 spiro atoms. The Morgan fingerprint density at radius 1 is 1.44 bits per heavy atom. The SMILES string of the molecule is CC(C)OCCn1ncc(N[C@@H]2C[C@H]3C[C@@H]([C@H]2C)C3(C)C)c(Br)c1=O. The summed E-state index contributed by atoms with van der Waals surface area (Å²) in [4.78, 5) is 12.5. The fourth-order valence-electron chi connectivity index (χ4n) is 4.64. The van der Waals surface area contributed by atoms with Gasteiger partial charge in [0, 0.05) is 6.04 Å². The third-order valence-electron chi connectivity index (χ3n) is 6.43. The van der Waals surface area contributed by atoms with Gasteiger partial charge in [-0.2, -0.15) is 5.10 Å². The van der Waals surface area contributed by atoms with Gasteiger partial charge in [-0.3, -0.25) is 4.79 Å². The fraction of sp³-hybridized carbons (Fsp3) is 0.789. The number of hydrogen-bond acceptors (Lipinski definition) is 4. The van der Waals surface area contributed by atoms with Crippen molar-refractivity contribution in [2.75, 3.05) is 11.9 Å². The normalized spacial score (nSPS) is 30.2. The highest BCUT2D eigenvalue weighted by Gasteiger charge is 2.56. The molecule has 0 saturated heterocycles. The molecule has 3 fully saturated rings. The van der Waals surface area contributed by atoms with Crippen LogP contribution >= 0.6 is 15.9 Å². The summed E-state index contributed by atoms with van der Waals surface area (Å²) < 4.78 is 7.54. The lowest BCUT2D eigenvalue weighted by atomic mass is 9.45. The zero-order valence-electron chi connectivity index (χ0n) is 15.9. The molecule has 1 heterocycles. The van der Waals surface area contributed by atoms with Gasteiger partial charge in [0.15, 0.2) is 0 Å². The number of hydrogen-bond donors (Lipinski definition) is 1. The summed E-state index contributed by atoms with van der Waals surface area (Å²) in [5, 5.41) is 7.90. The van der Waals surface area contributed by atoms with Crippen molar-refractivity contribution >= 4 is 21.6 Å². The van der Waals surface area contributed by atoms with E-state index in [1.54, 1.807) is 6.20 Å². The second-order valence-electron chi connectivity index (χ2n) is 8.53. The molecule has 140 valence electrons. The molecule has 0 aliphatic heterocycles. The average molecular weight is 412 g/mol. The van der Waals surface area contributed by atoms with Crippen LogP contribution in [0.15, 0.2) is 15.5 Å². The lowest BCUT2D eigenvalue weighted by Crippen LogP contribution is -2.58.